The van der Waals surface area contributed by atoms with Crippen molar-refractivity contribution < 1.29 is 14.9 Å². The van der Waals surface area contributed by atoms with Crippen LogP contribution in [-0.2, 0) is 6.54 Å². The van der Waals surface area contributed by atoms with Gasteiger partial charge < -0.3 is 14.9 Å². The predicted octanol–water partition coefficient (Wildman–Crippen LogP) is 2.77. The molecule has 2 N–H and O–H groups in total. The van der Waals surface area contributed by atoms with E-state index in [-0.39, 0.29) is 12.5 Å². The maximum absolute atomic E-state index is 10.5. The molecule has 0 bridgehead atoms. The quantitative estimate of drug-likeness (QED) is 0.573. The van der Waals surface area contributed by atoms with Gasteiger partial charge in [0.15, 0.2) is 0 Å². The van der Waals surface area contributed by atoms with Gasteiger partial charge in [0.05, 0.1) is 42.8 Å². The number of rotatable bonds is 7. The average molecular weight is 448 g/mol. The zero-order valence-electron chi connectivity index (χ0n) is 19.0. The Balaban J connectivity index is 1.50. The monoisotopic (exact) mass is 447 g/mol. The first-order valence-corrected chi connectivity index (χ1v) is 11.1. The normalized spacial score (nSPS) is 18.5. The highest BCUT2D eigenvalue weighted by Crippen LogP contribution is 2.31. The van der Waals surface area contributed by atoms with Gasteiger partial charge in [0.1, 0.15) is 11.4 Å². The summed E-state index contributed by atoms with van der Waals surface area (Å²) in [6.07, 6.45) is 3.75. The van der Waals surface area contributed by atoms with Gasteiger partial charge in [0.25, 0.3) is 0 Å². The largest absolute Gasteiger partial charge is 0.496 e. The van der Waals surface area contributed by atoms with Crippen molar-refractivity contribution in [3.05, 3.63) is 59.8 Å². The molecule has 2 heterocycles. The van der Waals surface area contributed by atoms with Crippen molar-refractivity contribution in [1.29, 1.82) is 5.26 Å². The fourth-order valence-electron chi connectivity index (χ4n) is 4.32. The number of likely N-dealkylation sites (tertiary alicyclic amines) is 1. The Labute approximate surface area is 193 Å². The number of nitrogens with zero attached hydrogens (tertiary/aromatic N) is 5. The summed E-state index contributed by atoms with van der Waals surface area (Å²) in [5.74, 6) is 0.815. The maximum atomic E-state index is 10.5. The molecule has 8 heteroatoms. The average Bonchev–Trinajstić information content (AvgIpc) is 3.35. The molecule has 0 radical (unpaired) electrons. The number of aliphatic hydroxyl groups is 2. The molecule has 2 aromatic carbocycles. The lowest BCUT2D eigenvalue weighted by molar-refractivity contribution is -0.0697. The molecule has 0 aliphatic carbocycles. The summed E-state index contributed by atoms with van der Waals surface area (Å²) in [6, 6.07) is 15.3. The third-order valence-corrected chi connectivity index (χ3v) is 6.44. The number of ether oxygens (including phenoxy) is 1. The second-order valence-electron chi connectivity index (χ2n) is 8.82. The van der Waals surface area contributed by atoms with Gasteiger partial charge in [-0.2, -0.15) is 5.26 Å². The second-order valence-corrected chi connectivity index (χ2v) is 8.82. The van der Waals surface area contributed by atoms with Crippen LogP contribution in [0.25, 0.3) is 16.9 Å². The fourth-order valence-corrected chi connectivity index (χ4v) is 4.32. The lowest BCUT2D eigenvalue weighted by Gasteiger charge is -2.39. The summed E-state index contributed by atoms with van der Waals surface area (Å²) in [5, 5.41) is 37.5. The topological polar surface area (TPSA) is 107 Å². The number of hydrogen-bond acceptors (Lipinski definition) is 7. The maximum Gasteiger partial charge on any atom is 0.124 e. The number of aliphatic hydroxyl groups excluding tert-OH is 1. The summed E-state index contributed by atoms with van der Waals surface area (Å²) in [5.41, 5.74) is 3.04. The Bertz CT molecular complexity index is 1130. The van der Waals surface area contributed by atoms with Crippen molar-refractivity contribution in [3.63, 3.8) is 0 Å². The molecule has 3 aromatic rings. The predicted molar refractivity (Wildman–Crippen MR) is 124 cm³/mol. The van der Waals surface area contributed by atoms with E-state index in [4.69, 9.17) is 10.00 Å². The highest BCUT2D eigenvalue weighted by molar-refractivity contribution is 5.62. The van der Waals surface area contributed by atoms with Crippen molar-refractivity contribution in [2.24, 2.45) is 5.92 Å². The van der Waals surface area contributed by atoms with Crippen molar-refractivity contribution in [2.75, 3.05) is 26.8 Å². The minimum Gasteiger partial charge on any atom is -0.496 e. The molecule has 0 amide bonds. The smallest absolute Gasteiger partial charge is 0.124 e. The third-order valence-electron chi connectivity index (χ3n) is 6.44. The van der Waals surface area contributed by atoms with Crippen LogP contribution in [0.1, 0.15) is 30.9 Å². The molecule has 0 spiro atoms. The van der Waals surface area contributed by atoms with Gasteiger partial charge in [0, 0.05) is 30.1 Å². The Morgan fingerprint density at radius 1 is 1.24 bits per heavy atom. The molecule has 1 aromatic heterocycles. The van der Waals surface area contributed by atoms with Crippen LogP contribution >= 0.6 is 0 Å². The summed E-state index contributed by atoms with van der Waals surface area (Å²) in [4.78, 5) is 2.30. The molecule has 1 aliphatic rings. The Kier molecular flexibility index (Phi) is 6.75. The van der Waals surface area contributed by atoms with Crippen molar-refractivity contribution in [2.45, 2.75) is 31.9 Å². The van der Waals surface area contributed by atoms with Crippen molar-refractivity contribution in [1.82, 2.24) is 19.9 Å². The standard InChI is InChI=1S/C25H29N5O3/c1-25(32,17-31)21-4-3-11-29(15-21)14-20-8-7-19(12-24(20)33-2)23-16-30(28-27-23)22-9-5-18(13-26)6-10-22/h5-10,12,16,21,31-32H,3-4,11,14-15,17H2,1-2H3/t21-,25+/m0/s1. The highest BCUT2D eigenvalue weighted by Gasteiger charge is 2.34. The fraction of sp³-hybridized carbons (Fsp3) is 0.400. The van der Waals surface area contributed by atoms with E-state index in [1.807, 2.05) is 36.5 Å². The van der Waals surface area contributed by atoms with E-state index in [0.717, 1.165) is 54.2 Å². The van der Waals surface area contributed by atoms with Gasteiger partial charge in [-0.15, -0.1) is 5.10 Å². The number of methoxy groups -OCH3 is 1. The molecule has 1 fully saturated rings. The van der Waals surface area contributed by atoms with Gasteiger partial charge in [-0.05, 0) is 56.6 Å². The van der Waals surface area contributed by atoms with Crippen LogP contribution in [-0.4, -0.2) is 62.5 Å². The van der Waals surface area contributed by atoms with E-state index in [1.165, 1.54) is 0 Å². The first kappa shape index (κ1) is 22.9. The molecule has 1 aliphatic heterocycles. The van der Waals surface area contributed by atoms with Crippen LogP contribution in [0.4, 0.5) is 0 Å². The number of aromatic nitrogens is 3. The lowest BCUT2D eigenvalue weighted by atomic mass is 9.83. The molecule has 8 nitrogen and oxygen atoms in total. The van der Waals surface area contributed by atoms with E-state index in [9.17, 15) is 10.2 Å². The van der Waals surface area contributed by atoms with E-state index >= 15 is 0 Å². The number of nitriles is 1. The first-order valence-electron chi connectivity index (χ1n) is 11.1. The second kappa shape index (κ2) is 9.71. The molecular formula is C25H29N5O3. The molecule has 172 valence electrons. The van der Waals surface area contributed by atoms with E-state index in [1.54, 1.807) is 30.8 Å². The Morgan fingerprint density at radius 2 is 2.03 bits per heavy atom. The zero-order valence-corrected chi connectivity index (χ0v) is 19.0. The van der Waals surface area contributed by atoms with Crippen LogP contribution in [0.3, 0.4) is 0 Å². The summed E-state index contributed by atoms with van der Waals surface area (Å²) in [6.45, 7) is 3.87. The van der Waals surface area contributed by atoms with Gasteiger partial charge in [0.2, 0.25) is 0 Å². The number of benzene rings is 2. The van der Waals surface area contributed by atoms with Crippen LogP contribution in [0.5, 0.6) is 5.75 Å². The first-order chi connectivity index (χ1) is 15.9. The summed E-state index contributed by atoms with van der Waals surface area (Å²) in [7, 11) is 1.66. The minimum atomic E-state index is -1.06. The minimum absolute atomic E-state index is 0.0405. The van der Waals surface area contributed by atoms with Crippen LogP contribution < -0.4 is 4.74 Å². The zero-order chi connectivity index (χ0) is 23.4. The van der Waals surface area contributed by atoms with Crippen LogP contribution in [0.2, 0.25) is 0 Å². The third kappa shape index (κ3) is 5.06. The van der Waals surface area contributed by atoms with Crippen molar-refractivity contribution in [3.8, 4) is 28.8 Å². The van der Waals surface area contributed by atoms with Gasteiger partial charge >= 0.3 is 0 Å². The summed E-state index contributed by atoms with van der Waals surface area (Å²) >= 11 is 0. The number of hydrogen-bond donors (Lipinski definition) is 2. The molecule has 1 saturated heterocycles. The van der Waals surface area contributed by atoms with Gasteiger partial charge in [-0.1, -0.05) is 17.3 Å². The van der Waals surface area contributed by atoms with E-state index in [0.29, 0.717) is 12.1 Å². The highest BCUT2D eigenvalue weighted by atomic mass is 16.5. The van der Waals surface area contributed by atoms with Crippen molar-refractivity contribution >= 4 is 0 Å². The molecule has 2 atom stereocenters. The molecule has 33 heavy (non-hydrogen) atoms. The van der Waals surface area contributed by atoms with Crippen LogP contribution in [0, 0.1) is 17.2 Å². The van der Waals surface area contributed by atoms with Gasteiger partial charge in [-0.3, -0.25) is 4.90 Å². The lowest BCUT2D eigenvalue weighted by Crippen LogP contribution is -2.47. The Morgan fingerprint density at radius 3 is 2.73 bits per heavy atom. The molecule has 0 saturated carbocycles. The van der Waals surface area contributed by atoms with E-state index < -0.39 is 5.60 Å². The Hall–Kier alpha value is -3.25. The summed E-state index contributed by atoms with van der Waals surface area (Å²) < 4.78 is 7.36. The molecule has 0 unspecified atom stereocenters. The molecular weight excluding hydrogens is 418 g/mol. The SMILES string of the molecule is COc1cc(-c2cn(-c3ccc(C#N)cc3)nn2)ccc1CN1CCC[C@H]([C@](C)(O)CO)C1. The number of piperidine rings is 1. The van der Waals surface area contributed by atoms with E-state index in [2.05, 4.69) is 21.3 Å². The van der Waals surface area contributed by atoms with Crippen LogP contribution in [0.15, 0.2) is 48.7 Å². The van der Waals surface area contributed by atoms with Gasteiger partial charge in [-0.25, -0.2) is 4.68 Å². The molecule has 4 rings (SSSR count).